The van der Waals surface area contributed by atoms with Crippen LogP contribution < -0.4 is 5.32 Å². The second kappa shape index (κ2) is 15.8. The van der Waals surface area contributed by atoms with Gasteiger partial charge in [-0.05, 0) is 29.5 Å². The molecule has 0 spiro atoms. The molecule has 9 heteroatoms. The molecule has 2 aromatic rings. The standard InChI is InChI=1S/C31H42N2O7/c34-22-24-9-11-25(12-10-24)28-19-27(21-33-15-17-38-18-16-33)39-31(40-28)26-13-7-23(8-14-26)20-32-29(35)5-3-1-2-4-6-30(36)37/h7-14,27-28,31,34H,1-6,15-22H2,(H,32,35)(H,36,37)/t27-,28+,31+/m1/s1. The number of unbranched alkanes of at least 4 members (excludes halogenated alkanes) is 3. The molecular formula is C31H42N2O7. The normalized spacial score (nSPS) is 21.7. The maximum absolute atomic E-state index is 12.2. The van der Waals surface area contributed by atoms with Crippen molar-refractivity contribution in [2.24, 2.45) is 0 Å². The van der Waals surface area contributed by atoms with Crippen LogP contribution in [-0.2, 0) is 37.0 Å². The number of carbonyl (C=O) groups excluding carboxylic acids is 1. The van der Waals surface area contributed by atoms with Crippen molar-refractivity contribution < 1.29 is 34.0 Å². The molecule has 0 bridgehead atoms. The first-order valence-electron chi connectivity index (χ1n) is 14.4. The number of benzene rings is 2. The highest BCUT2D eigenvalue weighted by Crippen LogP contribution is 2.38. The van der Waals surface area contributed by atoms with E-state index >= 15 is 0 Å². The van der Waals surface area contributed by atoms with Crippen molar-refractivity contribution in [3.8, 4) is 0 Å². The molecule has 9 nitrogen and oxygen atoms in total. The van der Waals surface area contributed by atoms with Gasteiger partial charge in [0, 0.05) is 51.0 Å². The maximum Gasteiger partial charge on any atom is 0.303 e. The molecular weight excluding hydrogens is 512 g/mol. The second-order valence-corrected chi connectivity index (χ2v) is 10.6. The van der Waals surface area contributed by atoms with Crippen LogP contribution in [0, 0.1) is 0 Å². The monoisotopic (exact) mass is 554 g/mol. The van der Waals surface area contributed by atoms with Crippen LogP contribution in [0.1, 0.15) is 79.6 Å². The molecule has 2 aliphatic heterocycles. The molecule has 2 fully saturated rings. The molecule has 4 rings (SSSR count). The zero-order chi connectivity index (χ0) is 28.2. The third-order valence-corrected chi connectivity index (χ3v) is 7.47. The first-order valence-corrected chi connectivity index (χ1v) is 14.4. The number of amides is 1. The van der Waals surface area contributed by atoms with Crippen LogP contribution >= 0.6 is 0 Å². The van der Waals surface area contributed by atoms with Gasteiger partial charge in [0.05, 0.1) is 32.0 Å². The number of morpholine rings is 1. The molecule has 40 heavy (non-hydrogen) atoms. The van der Waals surface area contributed by atoms with Gasteiger partial charge in [0.1, 0.15) is 0 Å². The minimum atomic E-state index is -0.772. The quantitative estimate of drug-likeness (QED) is 0.299. The number of ether oxygens (including phenoxy) is 3. The smallest absolute Gasteiger partial charge is 0.303 e. The Balaban J connectivity index is 1.31. The first-order chi connectivity index (χ1) is 19.5. The van der Waals surface area contributed by atoms with Gasteiger partial charge in [0.25, 0.3) is 0 Å². The van der Waals surface area contributed by atoms with E-state index in [9.17, 15) is 14.7 Å². The number of carboxylic acids is 1. The molecule has 0 unspecified atom stereocenters. The van der Waals surface area contributed by atoms with Crippen LogP contribution in [0.2, 0.25) is 0 Å². The molecule has 3 N–H and O–H groups in total. The topological polar surface area (TPSA) is 118 Å². The Labute approximate surface area is 236 Å². The summed E-state index contributed by atoms with van der Waals surface area (Å²) in [6, 6.07) is 15.9. The van der Waals surface area contributed by atoms with Gasteiger partial charge < -0.3 is 29.7 Å². The predicted molar refractivity (Wildman–Crippen MR) is 149 cm³/mol. The van der Waals surface area contributed by atoms with E-state index in [1.165, 1.54) is 0 Å². The summed E-state index contributed by atoms with van der Waals surface area (Å²) in [6.45, 7) is 4.55. The minimum absolute atomic E-state index is 0.00210. The van der Waals surface area contributed by atoms with Gasteiger partial charge >= 0.3 is 5.97 Å². The van der Waals surface area contributed by atoms with Crippen LogP contribution in [0.15, 0.2) is 48.5 Å². The summed E-state index contributed by atoms with van der Waals surface area (Å²) in [6.07, 6.45) is 3.85. The van der Waals surface area contributed by atoms with Crippen molar-refractivity contribution in [2.45, 2.75) is 76.6 Å². The third-order valence-electron chi connectivity index (χ3n) is 7.47. The van der Waals surface area contributed by atoms with Crippen molar-refractivity contribution in [1.82, 2.24) is 10.2 Å². The number of hydrogen-bond acceptors (Lipinski definition) is 7. The van der Waals surface area contributed by atoms with Crippen molar-refractivity contribution >= 4 is 11.9 Å². The van der Waals surface area contributed by atoms with Gasteiger partial charge in [0.2, 0.25) is 5.91 Å². The number of carbonyl (C=O) groups is 2. The first kappa shape index (κ1) is 30.1. The lowest BCUT2D eigenvalue weighted by Crippen LogP contribution is -2.44. The number of hydrogen-bond donors (Lipinski definition) is 3. The summed E-state index contributed by atoms with van der Waals surface area (Å²) in [5, 5.41) is 21.1. The fraction of sp³-hybridized carbons (Fsp3) is 0.548. The summed E-state index contributed by atoms with van der Waals surface area (Å²) in [5.74, 6) is -0.770. The Kier molecular flexibility index (Phi) is 11.9. The molecule has 218 valence electrons. The summed E-state index contributed by atoms with van der Waals surface area (Å²) >= 11 is 0. The predicted octanol–water partition coefficient (Wildman–Crippen LogP) is 4.10. The molecule has 0 radical (unpaired) electrons. The van der Waals surface area contributed by atoms with E-state index in [0.717, 1.165) is 80.8 Å². The number of rotatable bonds is 14. The SMILES string of the molecule is O=C(O)CCCCCCC(=O)NCc1ccc([C@H]2O[C@@H](CN3CCOCC3)C[C@@H](c3ccc(CO)cc3)O2)cc1. The number of aliphatic carboxylic acids is 1. The Hall–Kier alpha value is -2.82. The van der Waals surface area contributed by atoms with Gasteiger partial charge in [-0.15, -0.1) is 0 Å². The zero-order valence-electron chi connectivity index (χ0n) is 23.1. The van der Waals surface area contributed by atoms with E-state index < -0.39 is 12.3 Å². The molecule has 2 heterocycles. The van der Waals surface area contributed by atoms with Gasteiger partial charge in [-0.1, -0.05) is 61.4 Å². The molecule has 1 amide bonds. The Morgan fingerprint density at radius 1 is 0.850 bits per heavy atom. The minimum Gasteiger partial charge on any atom is -0.481 e. The molecule has 2 aromatic carbocycles. The van der Waals surface area contributed by atoms with Crippen LogP contribution in [0.4, 0.5) is 0 Å². The fourth-order valence-corrected chi connectivity index (χ4v) is 5.10. The summed E-state index contributed by atoms with van der Waals surface area (Å²) in [5.41, 5.74) is 3.87. The number of nitrogens with zero attached hydrogens (tertiary/aromatic N) is 1. The molecule has 0 aromatic heterocycles. The van der Waals surface area contributed by atoms with E-state index in [2.05, 4.69) is 10.2 Å². The zero-order valence-corrected chi connectivity index (χ0v) is 23.1. The van der Waals surface area contributed by atoms with Crippen LogP contribution in [0.3, 0.4) is 0 Å². The second-order valence-electron chi connectivity index (χ2n) is 10.6. The Morgan fingerprint density at radius 2 is 1.50 bits per heavy atom. The lowest BCUT2D eigenvalue weighted by molar-refractivity contribution is -0.253. The van der Waals surface area contributed by atoms with Crippen molar-refractivity contribution in [3.05, 3.63) is 70.8 Å². The summed E-state index contributed by atoms with van der Waals surface area (Å²) < 4.78 is 18.4. The Bertz CT molecular complexity index is 1050. The Morgan fingerprint density at radius 3 is 2.17 bits per heavy atom. The maximum atomic E-state index is 12.2. The highest BCUT2D eigenvalue weighted by atomic mass is 16.7. The van der Waals surface area contributed by atoms with Crippen LogP contribution in [-0.4, -0.2) is 65.9 Å². The highest BCUT2D eigenvalue weighted by molar-refractivity contribution is 5.75. The fourth-order valence-electron chi connectivity index (χ4n) is 5.10. The van der Waals surface area contributed by atoms with Gasteiger partial charge in [-0.2, -0.15) is 0 Å². The third kappa shape index (κ3) is 9.67. The van der Waals surface area contributed by atoms with Crippen LogP contribution in [0.25, 0.3) is 0 Å². The van der Waals surface area contributed by atoms with Gasteiger partial charge in [-0.25, -0.2) is 0 Å². The van der Waals surface area contributed by atoms with Crippen LogP contribution in [0.5, 0.6) is 0 Å². The lowest BCUT2D eigenvalue weighted by atomic mass is 9.99. The van der Waals surface area contributed by atoms with E-state index in [1.807, 2.05) is 48.5 Å². The summed E-state index contributed by atoms with van der Waals surface area (Å²) in [4.78, 5) is 25.2. The number of aliphatic hydroxyl groups excluding tert-OH is 1. The molecule has 0 aliphatic carbocycles. The van der Waals surface area contributed by atoms with E-state index in [4.69, 9.17) is 19.3 Å². The largest absolute Gasteiger partial charge is 0.481 e. The van der Waals surface area contributed by atoms with Gasteiger partial charge in [0.15, 0.2) is 6.29 Å². The molecule has 3 atom stereocenters. The number of nitrogens with one attached hydrogen (secondary N) is 1. The van der Waals surface area contributed by atoms with E-state index in [-0.39, 0.29) is 31.1 Å². The van der Waals surface area contributed by atoms with E-state index in [1.54, 1.807) is 0 Å². The highest BCUT2D eigenvalue weighted by Gasteiger charge is 2.33. The van der Waals surface area contributed by atoms with Crippen molar-refractivity contribution in [3.63, 3.8) is 0 Å². The van der Waals surface area contributed by atoms with Gasteiger partial charge in [-0.3, -0.25) is 14.5 Å². The average Bonchev–Trinajstić information content (AvgIpc) is 2.98. The summed E-state index contributed by atoms with van der Waals surface area (Å²) in [7, 11) is 0. The van der Waals surface area contributed by atoms with Crippen molar-refractivity contribution in [1.29, 1.82) is 0 Å². The van der Waals surface area contributed by atoms with E-state index in [0.29, 0.717) is 19.4 Å². The molecule has 2 saturated heterocycles. The van der Waals surface area contributed by atoms with Crippen molar-refractivity contribution in [2.75, 3.05) is 32.8 Å². The molecule has 2 aliphatic rings. The molecule has 0 saturated carbocycles. The number of aliphatic hydroxyl groups is 1. The lowest BCUT2D eigenvalue weighted by Gasteiger charge is -2.39. The average molecular weight is 555 g/mol. The number of carboxylic acid groups (broad SMARTS) is 1.